The fourth-order valence-corrected chi connectivity index (χ4v) is 2.42. The Balaban J connectivity index is 2.61. The van der Waals surface area contributed by atoms with Gasteiger partial charge in [-0.25, -0.2) is 0 Å². The highest BCUT2D eigenvalue weighted by Crippen LogP contribution is 2.20. The van der Waals surface area contributed by atoms with E-state index in [0.29, 0.717) is 4.91 Å². The maximum Gasteiger partial charge on any atom is 0.265 e. The molecule has 0 aromatic heterocycles. The molecule has 1 aromatic rings. The van der Waals surface area contributed by atoms with Crippen LogP contribution in [0.15, 0.2) is 35.4 Å². The summed E-state index contributed by atoms with van der Waals surface area (Å²) in [5.41, 5.74) is 1.97. The monoisotopic (exact) mass is 279 g/mol. The summed E-state index contributed by atoms with van der Waals surface area (Å²) in [6.45, 7) is 4.15. The lowest BCUT2D eigenvalue weighted by Crippen LogP contribution is -2.13. The quantitative estimate of drug-likeness (QED) is 0.466. The Hall–Kier alpha value is -1.42. The summed E-state index contributed by atoms with van der Waals surface area (Å²) >= 11 is 1.53. The van der Waals surface area contributed by atoms with Gasteiger partial charge in [-0.3, -0.25) is 4.79 Å². The molecule has 0 aliphatic carbocycles. The molecular formula is C15H21NO2S. The third-order valence-electron chi connectivity index (χ3n) is 2.51. The molecule has 0 fully saturated rings. The number of carbonyl (C=O) groups excluding carboxylic acids is 1. The van der Waals surface area contributed by atoms with E-state index in [4.69, 9.17) is 4.74 Å². The van der Waals surface area contributed by atoms with E-state index in [1.165, 1.54) is 23.6 Å². The van der Waals surface area contributed by atoms with Crippen molar-refractivity contribution in [2.24, 2.45) is 0 Å². The van der Waals surface area contributed by atoms with E-state index in [1.807, 2.05) is 31.2 Å². The number of aryl methyl sites for hydroxylation is 1. The molecule has 104 valence electrons. The van der Waals surface area contributed by atoms with Gasteiger partial charge in [-0.1, -0.05) is 31.0 Å². The molecule has 0 saturated heterocycles. The molecule has 1 rings (SSSR count). The van der Waals surface area contributed by atoms with E-state index in [1.54, 1.807) is 7.11 Å². The van der Waals surface area contributed by atoms with Crippen LogP contribution in [0, 0.1) is 6.92 Å². The van der Waals surface area contributed by atoms with Crippen molar-refractivity contribution in [2.45, 2.75) is 26.7 Å². The second kappa shape index (κ2) is 8.64. The Morgan fingerprint density at radius 3 is 2.63 bits per heavy atom. The smallest absolute Gasteiger partial charge is 0.265 e. The van der Waals surface area contributed by atoms with Gasteiger partial charge >= 0.3 is 0 Å². The predicted octanol–water partition coefficient (Wildman–Crippen LogP) is 3.95. The fourth-order valence-electron chi connectivity index (χ4n) is 1.42. The van der Waals surface area contributed by atoms with Gasteiger partial charge in [0, 0.05) is 5.69 Å². The fraction of sp³-hybridized carbons (Fsp3) is 0.400. The second-order valence-corrected chi connectivity index (χ2v) is 5.38. The van der Waals surface area contributed by atoms with E-state index in [-0.39, 0.29) is 5.91 Å². The minimum Gasteiger partial charge on any atom is -0.503 e. The summed E-state index contributed by atoms with van der Waals surface area (Å²) in [6.07, 6.45) is 3.71. The van der Waals surface area contributed by atoms with Crippen LogP contribution in [0.1, 0.15) is 25.3 Å². The predicted molar refractivity (Wildman–Crippen MR) is 82.3 cm³/mol. The Kier molecular flexibility index (Phi) is 7.11. The van der Waals surface area contributed by atoms with E-state index in [0.717, 1.165) is 24.3 Å². The summed E-state index contributed by atoms with van der Waals surface area (Å²) in [6, 6.07) is 7.74. The lowest BCUT2D eigenvalue weighted by atomic mass is 10.2. The standard InChI is InChI=1S/C15H21NO2S/c1-4-5-10-19-14(11-18-3)15(17)16-13-8-6-12(2)7-9-13/h6-9,11H,4-5,10H2,1-3H3,(H,16,17)/b14-11-. The van der Waals surface area contributed by atoms with Crippen molar-refractivity contribution in [3.63, 3.8) is 0 Å². The number of hydrogen-bond acceptors (Lipinski definition) is 3. The first-order valence-electron chi connectivity index (χ1n) is 6.41. The summed E-state index contributed by atoms with van der Waals surface area (Å²) in [5.74, 6) is 0.805. The number of carbonyl (C=O) groups is 1. The molecule has 0 atom stereocenters. The number of hydrogen-bond donors (Lipinski definition) is 1. The molecule has 0 unspecified atom stereocenters. The number of thioether (sulfide) groups is 1. The number of anilines is 1. The van der Waals surface area contributed by atoms with E-state index >= 15 is 0 Å². The average molecular weight is 279 g/mol. The first-order chi connectivity index (χ1) is 9.17. The summed E-state index contributed by atoms with van der Waals surface area (Å²) in [4.78, 5) is 12.7. The van der Waals surface area contributed by atoms with E-state index in [9.17, 15) is 4.79 Å². The van der Waals surface area contributed by atoms with Crippen LogP contribution < -0.4 is 5.32 Å². The number of ether oxygens (including phenoxy) is 1. The molecular weight excluding hydrogens is 258 g/mol. The zero-order chi connectivity index (χ0) is 14.1. The van der Waals surface area contributed by atoms with Gasteiger partial charge in [0.05, 0.1) is 7.11 Å². The van der Waals surface area contributed by atoms with E-state index < -0.39 is 0 Å². The first kappa shape index (κ1) is 15.6. The third-order valence-corrected chi connectivity index (χ3v) is 3.60. The molecule has 1 N–H and O–H groups in total. The Morgan fingerprint density at radius 1 is 1.37 bits per heavy atom. The molecule has 0 aliphatic heterocycles. The molecule has 0 heterocycles. The molecule has 0 bridgehead atoms. The van der Waals surface area contributed by atoms with Crippen molar-refractivity contribution in [3.05, 3.63) is 41.0 Å². The largest absolute Gasteiger partial charge is 0.503 e. The summed E-state index contributed by atoms with van der Waals surface area (Å²) in [7, 11) is 1.56. The Labute approximate surface area is 119 Å². The van der Waals surface area contributed by atoms with Crippen molar-refractivity contribution >= 4 is 23.4 Å². The zero-order valence-corrected chi connectivity index (χ0v) is 12.5. The summed E-state index contributed by atoms with van der Waals surface area (Å²) < 4.78 is 4.97. The molecule has 0 saturated carbocycles. The normalized spacial score (nSPS) is 11.2. The molecule has 4 heteroatoms. The van der Waals surface area contributed by atoms with Crippen LogP contribution in [0.3, 0.4) is 0 Å². The van der Waals surface area contributed by atoms with Gasteiger partial charge in [0.1, 0.15) is 11.2 Å². The Morgan fingerprint density at radius 2 is 2.05 bits per heavy atom. The van der Waals surface area contributed by atoms with Crippen LogP contribution in [0.25, 0.3) is 0 Å². The second-order valence-electron chi connectivity index (χ2n) is 4.24. The number of methoxy groups -OCH3 is 1. The lowest BCUT2D eigenvalue weighted by Gasteiger charge is -2.08. The third kappa shape index (κ3) is 5.83. The van der Waals surface area contributed by atoms with Crippen molar-refractivity contribution in [1.29, 1.82) is 0 Å². The van der Waals surface area contributed by atoms with Crippen LogP contribution in [0.4, 0.5) is 5.69 Å². The maximum atomic E-state index is 12.1. The number of rotatable bonds is 7. The van der Waals surface area contributed by atoms with Crippen LogP contribution in [0.5, 0.6) is 0 Å². The highest BCUT2D eigenvalue weighted by atomic mass is 32.2. The van der Waals surface area contributed by atoms with Crippen molar-refractivity contribution in [1.82, 2.24) is 0 Å². The molecule has 19 heavy (non-hydrogen) atoms. The van der Waals surface area contributed by atoms with Gasteiger partial charge in [-0.05, 0) is 31.2 Å². The van der Waals surface area contributed by atoms with Gasteiger partial charge in [0.2, 0.25) is 0 Å². The molecule has 0 aliphatic rings. The minimum atomic E-state index is -0.119. The lowest BCUT2D eigenvalue weighted by molar-refractivity contribution is -0.112. The Bertz CT molecular complexity index is 426. The van der Waals surface area contributed by atoms with E-state index in [2.05, 4.69) is 12.2 Å². The number of benzene rings is 1. The highest BCUT2D eigenvalue weighted by molar-refractivity contribution is 8.04. The van der Waals surface area contributed by atoms with Crippen molar-refractivity contribution in [3.8, 4) is 0 Å². The van der Waals surface area contributed by atoms with Gasteiger partial charge in [0.15, 0.2) is 0 Å². The zero-order valence-electron chi connectivity index (χ0n) is 11.7. The van der Waals surface area contributed by atoms with Gasteiger partial charge in [-0.2, -0.15) is 0 Å². The molecule has 1 amide bonds. The summed E-state index contributed by atoms with van der Waals surface area (Å²) in [5, 5.41) is 2.87. The van der Waals surface area contributed by atoms with Crippen molar-refractivity contribution in [2.75, 3.05) is 18.2 Å². The van der Waals surface area contributed by atoms with Gasteiger partial charge in [0.25, 0.3) is 5.91 Å². The molecule has 0 spiro atoms. The van der Waals surface area contributed by atoms with Crippen molar-refractivity contribution < 1.29 is 9.53 Å². The maximum absolute atomic E-state index is 12.1. The van der Waals surface area contributed by atoms with Gasteiger partial charge < -0.3 is 10.1 Å². The van der Waals surface area contributed by atoms with Gasteiger partial charge in [-0.15, -0.1) is 11.8 Å². The first-order valence-corrected chi connectivity index (χ1v) is 7.39. The number of unbranched alkanes of at least 4 members (excludes halogenated alkanes) is 1. The number of amides is 1. The van der Waals surface area contributed by atoms with Crippen LogP contribution in [-0.4, -0.2) is 18.8 Å². The SMILES string of the molecule is CCCCS/C(=C\OC)C(=O)Nc1ccc(C)cc1. The minimum absolute atomic E-state index is 0.119. The highest BCUT2D eigenvalue weighted by Gasteiger charge is 2.10. The average Bonchev–Trinajstić information content (AvgIpc) is 2.40. The number of nitrogens with one attached hydrogen (secondary N) is 1. The van der Waals surface area contributed by atoms with Crippen LogP contribution in [0.2, 0.25) is 0 Å². The molecule has 1 aromatic carbocycles. The molecule has 3 nitrogen and oxygen atoms in total. The van der Waals surface area contributed by atoms with Crippen LogP contribution >= 0.6 is 11.8 Å². The topological polar surface area (TPSA) is 38.3 Å². The van der Waals surface area contributed by atoms with Crippen LogP contribution in [-0.2, 0) is 9.53 Å². The molecule has 0 radical (unpaired) electrons.